The molecule has 4 rings (SSSR count). The van der Waals surface area contributed by atoms with E-state index in [1.165, 1.54) is 22.3 Å². The molecular formula is C44H66N12O12. The maximum Gasteiger partial charge on any atom is 0.326 e. The fraction of sp³-hybridized carbons (Fsp3) is 0.591. The Morgan fingerprint density at radius 3 is 1.68 bits per heavy atom. The van der Waals surface area contributed by atoms with Crippen LogP contribution in [0.1, 0.15) is 81.9 Å². The lowest BCUT2D eigenvalue weighted by Crippen LogP contribution is -2.60. The summed E-state index contributed by atoms with van der Waals surface area (Å²) in [6, 6.07) is -1.75. The van der Waals surface area contributed by atoms with Crippen molar-refractivity contribution >= 4 is 53.3 Å². The molecule has 68 heavy (non-hydrogen) atoms. The monoisotopic (exact) mass is 954 g/mol. The van der Waals surface area contributed by atoms with Gasteiger partial charge in [-0.1, -0.05) is 30.3 Å². The second-order valence-electron chi connectivity index (χ2n) is 16.9. The van der Waals surface area contributed by atoms with Crippen LogP contribution in [0.5, 0.6) is 0 Å². The van der Waals surface area contributed by atoms with Crippen molar-refractivity contribution in [3.05, 3.63) is 54.1 Å². The molecule has 0 saturated carbocycles. The number of carboxylic acids is 2. The highest BCUT2D eigenvalue weighted by Gasteiger charge is 2.42. The van der Waals surface area contributed by atoms with Crippen molar-refractivity contribution in [3.63, 3.8) is 0 Å². The molecule has 0 radical (unpaired) electrons. The maximum absolute atomic E-state index is 14.5. The lowest BCUT2D eigenvalue weighted by molar-refractivity contribution is -0.144. The van der Waals surface area contributed by atoms with Gasteiger partial charge in [-0.05, 0) is 82.9 Å². The number of hydrogen-bond donors (Lipinski definition) is 12. The standard InChI is InChI=1S/C44H66N12O12/c45-16-6-4-12-29(50-40(63)34-14-8-18-55(34)42(65)28(47)22-36(58)59)37(60)52-31(21-27-23-48-25-49-27)43(66)56-19-9-15-35(56)41(64)51-30(13-5-7-17-46)38(61)54-33(24-57)39(62)53-32(44(67)68)20-26-10-2-1-3-11-26/h1-3,10-11,23,25,28-35,57H,4-9,12-22,24,45-47H2,(H,48,49)(H,50,63)(H,51,64)(H,52,60)(H,53,62)(H,54,61)(H,58,59)(H,67,68)/t28-,29-,30-,31-,32-,33-,34-,35-/m0/s1. The number of carbonyl (C=O) groups excluding carboxylic acids is 7. The van der Waals surface area contributed by atoms with Crippen molar-refractivity contribution in [1.82, 2.24) is 46.4 Å². The van der Waals surface area contributed by atoms with Crippen molar-refractivity contribution in [1.29, 1.82) is 0 Å². The molecule has 1 aromatic heterocycles. The first-order chi connectivity index (χ1) is 32.6. The van der Waals surface area contributed by atoms with Crippen molar-refractivity contribution in [2.45, 2.75) is 132 Å². The lowest BCUT2D eigenvalue weighted by Gasteiger charge is -2.31. The van der Waals surface area contributed by atoms with E-state index in [-0.39, 0.29) is 58.2 Å². The summed E-state index contributed by atoms with van der Waals surface area (Å²) < 4.78 is 0. The Labute approximate surface area is 393 Å². The van der Waals surface area contributed by atoms with Gasteiger partial charge in [-0.2, -0.15) is 0 Å². The number of aromatic nitrogens is 2. The number of aliphatic carboxylic acids is 2. The van der Waals surface area contributed by atoms with Crippen LogP contribution < -0.4 is 43.8 Å². The van der Waals surface area contributed by atoms with E-state index in [0.29, 0.717) is 56.3 Å². The van der Waals surface area contributed by atoms with Gasteiger partial charge in [-0.3, -0.25) is 38.4 Å². The zero-order valence-corrected chi connectivity index (χ0v) is 38.0. The Balaban J connectivity index is 1.50. The Kier molecular flexibility index (Phi) is 21.8. The Hall–Kier alpha value is -6.50. The predicted molar refractivity (Wildman–Crippen MR) is 242 cm³/mol. The summed E-state index contributed by atoms with van der Waals surface area (Å²) in [5.74, 6) is -7.92. The zero-order valence-electron chi connectivity index (χ0n) is 38.0. The highest BCUT2D eigenvalue weighted by atomic mass is 16.4. The average molecular weight is 955 g/mol. The van der Waals surface area contributed by atoms with E-state index in [0.717, 1.165) is 0 Å². The van der Waals surface area contributed by atoms with Gasteiger partial charge in [0, 0.05) is 32.1 Å². The second kappa shape index (κ2) is 27.3. The van der Waals surface area contributed by atoms with Gasteiger partial charge in [0.25, 0.3) is 0 Å². The average Bonchev–Trinajstić information content (AvgIpc) is 4.13. The SMILES string of the molecule is NCCCC[C@H](NC(=O)[C@@H]1CCCN1C(=O)[C@H](Cc1c[nH]cn1)NC(=O)[C@H](CCCCN)NC(=O)[C@@H]1CCCN1C(=O)[C@@H](N)CC(=O)O)C(=O)N[C@@H](CO)C(=O)N[C@@H](Cc1ccccc1)C(=O)O. The van der Waals surface area contributed by atoms with E-state index in [2.05, 4.69) is 36.6 Å². The topological polar surface area (TPSA) is 388 Å². The molecule has 3 heterocycles. The molecule has 374 valence electrons. The molecule has 2 saturated heterocycles. The van der Waals surface area contributed by atoms with E-state index in [1.54, 1.807) is 30.3 Å². The Bertz CT molecular complexity index is 2030. The van der Waals surface area contributed by atoms with Crippen LogP contribution in [0.15, 0.2) is 42.9 Å². The first-order valence-electron chi connectivity index (χ1n) is 22.9. The van der Waals surface area contributed by atoms with E-state index in [9.17, 15) is 53.4 Å². The van der Waals surface area contributed by atoms with Gasteiger partial charge in [0.2, 0.25) is 41.4 Å². The summed E-state index contributed by atoms with van der Waals surface area (Å²) in [5.41, 5.74) is 18.3. The number of nitrogens with zero attached hydrogens (tertiary/aromatic N) is 3. The number of carbonyl (C=O) groups is 9. The van der Waals surface area contributed by atoms with Crippen molar-refractivity contribution < 1.29 is 58.5 Å². The number of aliphatic hydroxyl groups excluding tert-OH is 1. The van der Waals surface area contributed by atoms with E-state index in [1.807, 2.05) is 0 Å². The number of benzene rings is 1. The third kappa shape index (κ3) is 16.1. The number of H-pyrrole nitrogens is 1. The number of nitrogens with two attached hydrogens (primary N) is 3. The number of carboxylic acid groups (broad SMARTS) is 2. The van der Waals surface area contributed by atoms with Crippen LogP contribution in [0.3, 0.4) is 0 Å². The van der Waals surface area contributed by atoms with Gasteiger partial charge in [0.05, 0.1) is 31.1 Å². The molecule has 1 aromatic carbocycles. The van der Waals surface area contributed by atoms with E-state index in [4.69, 9.17) is 22.3 Å². The fourth-order valence-electron chi connectivity index (χ4n) is 8.23. The van der Waals surface area contributed by atoms with Crippen LogP contribution in [0, 0.1) is 0 Å². The van der Waals surface area contributed by atoms with Crippen molar-refractivity contribution in [3.8, 4) is 0 Å². The van der Waals surface area contributed by atoms with Gasteiger partial charge in [0.1, 0.15) is 42.3 Å². The van der Waals surface area contributed by atoms with Crippen molar-refractivity contribution in [2.75, 3.05) is 32.8 Å². The fourth-order valence-corrected chi connectivity index (χ4v) is 8.23. The third-order valence-corrected chi connectivity index (χ3v) is 11.8. The first kappa shape index (κ1) is 54.1. The minimum absolute atomic E-state index is 0.0536. The highest BCUT2D eigenvalue weighted by molar-refractivity contribution is 5.98. The predicted octanol–water partition coefficient (Wildman–Crippen LogP) is -3.26. The maximum atomic E-state index is 14.5. The molecule has 0 spiro atoms. The summed E-state index contributed by atoms with van der Waals surface area (Å²) in [6.07, 6.45) is 5.19. The van der Waals surface area contributed by atoms with Gasteiger partial charge in [-0.15, -0.1) is 0 Å². The van der Waals surface area contributed by atoms with Crippen LogP contribution in [0.2, 0.25) is 0 Å². The number of rotatable bonds is 28. The number of amides is 7. The second-order valence-corrected chi connectivity index (χ2v) is 16.9. The van der Waals surface area contributed by atoms with Crippen LogP contribution in [0.25, 0.3) is 0 Å². The third-order valence-electron chi connectivity index (χ3n) is 11.8. The first-order valence-corrected chi connectivity index (χ1v) is 22.9. The number of nitrogens with one attached hydrogen (secondary N) is 6. The summed E-state index contributed by atoms with van der Waals surface area (Å²) in [4.78, 5) is 129. The lowest BCUT2D eigenvalue weighted by atomic mass is 10.0. The molecule has 15 N–H and O–H groups in total. The zero-order chi connectivity index (χ0) is 49.8. The molecule has 24 nitrogen and oxygen atoms in total. The molecule has 2 fully saturated rings. The number of unbranched alkanes of at least 4 members (excludes halogenated alkanes) is 2. The van der Waals surface area contributed by atoms with Gasteiger partial charge < -0.3 is 73.9 Å². The quantitative estimate of drug-likeness (QED) is 0.0373. The number of aromatic amines is 1. The molecule has 2 aliphatic rings. The van der Waals surface area contributed by atoms with Crippen LogP contribution in [-0.4, -0.2) is 169 Å². The van der Waals surface area contributed by atoms with Gasteiger partial charge in [-0.25, -0.2) is 9.78 Å². The minimum Gasteiger partial charge on any atom is -0.481 e. The van der Waals surface area contributed by atoms with E-state index >= 15 is 0 Å². The van der Waals surface area contributed by atoms with E-state index < -0.39 is 115 Å². The van der Waals surface area contributed by atoms with Gasteiger partial charge in [0.15, 0.2) is 0 Å². The Morgan fingerprint density at radius 1 is 0.676 bits per heavy atom. The number of likely N-dealkylation sites (tertiary alicyclic amines) is 2. The normalized spacial score (nSPS) is 18.3. The molecule has 2 aromatic rings. The minimum atomic E-state index is -1.59. The molecule has 0 unspecified atom stereocenters. The molecule has 2 aliphatic heterocycles. The smallest absolute Gasteiger partial charge is 0.326 e. The molecule has 8 atom stereocenters. The number of imidazole rings is 1. The summed E-state index contributed by atoms with van der Waals surface area (Å²) >= 11 is 0. The molecular weight excluding hydrogens is 889 g/mol. The molecule has 7 amide bonds. The summed E-state index contributed by atoms with van der Waals surface area (Å²) in [6.45, 7) is -0.0753. The largest absolute Gasteiger partial charge is 0.481 e. The highest BCUT2D eigenvalue weighted by Crippen LogP contribution is 2.22. The van der Waals surface area contributed by atoms with Crippen LogP contribution in [-0.2, 0) is 56.0 Å². The molecule has 0 aliphatic carbocycles. The summed E-state index contributed by atoms with van der Waals surface area (Å²) in [5, 5.41) is 42.0. The van der Waals surface area contributed by atoms with Crippen molar-refractivity contribution in [2.24, 2.45) is 17.2 Å². The number of aliphatic hydroxyl groups is 1. The Morgan fingerprint density at radius 2 is 1.19 bits per heavy atom. The van der Waals surface area contributed by atoms with Crippen LogP contribution in [0.4, 0.5) is 0 Å². The molecule has 24 heteroatoms. The number of hydrogen-bond acceptors (Lipinski definition) is 14. The van der Waals surface area contributed by atoms with Crippen LogP contribution >= 0.6 is 0 Å². The molecule has 0 bridgehead atoms. The van der Waals surface area contributed by atoms with Gasteiger partial charge >= 0.3 is 11.9 Å². The summed E-state index contributed by atoms with van der Waals surface area (Å²) in [7, 11) is 0.